The van der Waals surface area contributed by atoms with Crippen LogP contribution in [0.1, 0.15) is 51.7 Å². The fourth-order valence-electron chi connectivity index (χ4n) is 2.64. The standard InChI is InChI=1S/C19H24F3N3O/c1-6-25(16-10-8-7-9-14(16)12(2)3)18-23-11-15(19(20,21)22)17(24-18)26-13(4)5/h7-13H,6H2,1-5H3. The zero-order valence-electron chi connectivity index (χ0n) is 15.6. The van der Waals surface area contributed by atoms with E-state index >= 15 is 0 Å². The predicted molar refractivity (Wildman–Crippen MR) is 96.0 cm³/mol. The fraction of sp³-hybridized carbons (Fsp3) is 0.474. The Morgan fingerprint density at radius 3 is 2.31 bits per heavy atom. The van der Waals surface area contributed by atoms with Gasteiger partial charge in [0, 0.05) is 18.4 Å². The SMILES string of the molecule is CCN(c1ncc(C(F)(F)F)c(OC(C)C)n1)c1ccccc1C(C)C. The van der Waals surface area contributed by atoms with Crippen molar-refractivity contribution in [1.29, 1.82) is 0 Å². The lowest BCUT2D eigenvalue weighted by molar-refractivity contribution is -0.139. The number of anilines is 2. The minimum atomic E-state index is -4.57. The number of hydrogen-bond donors (Lipinski definition) is 0. The van der Waals surface area contributed by atoms with Crippen LogP contribution < -0.4 is 9.64 Å². The predicted octanol–water partition coefficient (Wildman–Crippen LogP) is 5.56. The molecule has 142 valence electrons. The Hall–Kier alpha value is -2.31. The first-order valence-corrected chi connectivity index (χ1v) is 8.62. The van der Waals surface area contributed by atoms with E-state index in [9.17, 15) is 13.2 Å². The van der Waals surface area contributed by atoms with E-state index in [4.69, 9.17) is 4.74 Å². The van der Waals surface area contributed by atoms with E-state index in [1.807, 2.05) is 31.2 Å². The van der Waals surface area contributed by atoms with Gasteiger partial charge < -0.3 is 9.64 Å². The third-order valence-corrected chi connectivity index (χ3v) is 3.80. The first kappa shape index (κ1) is 20.0. The summed E-state index contributed by atoms with van der Waals surface area (Å²) in [6.45, 7) is 9.86. The van der Waals surface area contributed by atoms with Gasteiger partial charge in [-0.1, -0.05) is 32.0 Å². The van der Waals surface area contributed by atoms with E-state index in [1.54, 1.807) is 18.7 Å². The smallest absolute Gasteiger partial charge is 0.423 e. The zero-order valence-corrected chi connectivity index (χ0v) is 15.6. The van der Waals surface area contributed by atoms with Crippen LogP contribution in [0.3, 0.4) is 0 Å². The zero-order chi connectivity index (χ0) is 19.5. The summed E-state index contributed by atoms with van der Waals surface area (Å²) in [5.41, 5.74) is 0.979. The van der Waals surface area contributed by atoms with Crippen molar-refractivity contribution in [2.45, 2.75) is 52.8 Å². The maximum absolute atomic E-state index is 13.2. The molecule has 2 aromatic rings. The van der Waals surface area contributed by atoms with Crippen molar-refractivity contribution in [3.05, 3.63) is 41.6 Å². The summed E-state index contributed by atoms with van der Waals surface area (Å²) in [6.07, 6.45) is -4.21. The first-order valence-electron chi connectivity index (χ1n) is 8.62. The van der Waals surface area contributed by atoms with Gasteiger partial charge in [-0.3, -0.25) is 0 Å². The quantitative estimate of drug-likeness (QED) is 0.670. The number of hydrogen-bond acceptors (Lipinski definition) is 4. The van der Waals surface area contributed by atoms with Gasteiger partial charge in [-0.25, -0.2) is 4.98 Å². The highest BCUT2D eigenvalue weighted by atomic mass is 19.4. The Morgan fingerprint density at radius 2 is 1.77 bits per heavy atom. The van der Waals surface area contributed by atoms with Crippen molar-refractivity contribution in [2.75, 3.05) is 11.4 Å². The summed E-state index contributed by atoms with van der Waals surface area (Å²) in [5.74, 6) is -0.0108. The summed E-state index contributed by atoms with van der Waals surface area (Å²) in [4.78, 5) is 9.87. The molecular formula is C19H24F3N3O. The average molecular weight is 367 g/mol. The van der Waals surface area contributed by atoms with E-state index in [2.05, 4.69) is 23.8 Å². The summed E-state index contributed by atoms with van der Waals surface area (Å²) >= 11 is 0. The van der Waals surface area contributed by atoms with Crippen LogP contribution in [0.15, 0.2) is 30.5 Å². The first-order chi connectivity index (χ1) is 12.1. The molecule has 1 aromatic carbocycles. The van der Waals surface area contributed by atoms with Gasteiger partial charge in [0.2, 0.25) is 11.8 Å². The molecule has 0 amide bonds. The summed E-state index contributed by atoms with van der Waals surface area (Å²) < 4.78 is 45.0. The lowest BCUT2D eigenvalue weighted by Crippen LogP contribution is -2.23. The summed E-state index contributed by atoms with van der Waals surface area (Å²) in [5, 5.41) is 0. The van der Waals surface area contributed by atoms with Crippen LogP contribution in [0.5, 0.6) is 5.88 Å². The molecule has 2 rings (SSSR count). The van der Waals surface area contributed by atoms with Gasteiger partial charge >= 0.3 is 6.18 Å². The second kappa shape index (κ2) is 7.93. The van der Waals surface area contributed by atoms with Crippen molar-refractivity contribution >= 4 is 11.6 Å². The van der Waals surface area contributed by atoms with Gasteiger partial charge in [-0.15, -0.1) is 0 Å². The van der Waals surface area contributed by atoms with Crippen molar-refractivity contribution in [3.63, 3.8) is 0 Å². The lowest BCUT2D eigenvalue weighted by Gasteiger charge is -2.26. The number of alkyl halides is 3. The highest BCUT2D eigenvalue weighted by Crippen LogP contribution is 2.37. The van der Waals surface area contributed by atoms with Gasteiger partial charge in [-0.2, -0.15) is 18.2 Å². The van der Waals surface area contributed by atoms with E-state index in [0.29, 0.717) is 6.54 Å². The van der Waals surface area contributed by atoms with Gasteiger partial charge in [0.05, 0.1) is 6.10 Å². The van der Waals surface area contributed by atoms with Crippen LogP contribution in [-0.4, -0.2) is 22.6 Å². The van der Waals surface area contributed by atoms with Gasteiger partial charge in [-0.05, 0) is 38.3 Å². The number of nitrogens with zero attached hydrogens (tertiary/aromatic N) is 3. The molecule has 4 nitrogen and oxygen atoms in total. The Bertz CT molecular complexity index is 745. The third kappa shape index (κ3) is 4.45. The van der Waals surface area contributed by atoms with Crippen LogP contribution in [-0.2, 0) is 6.18 Å². The number of rotatable bonds is 6. The van der Waals surface area contributed by atoms with Gasteiger partial charge in [0.1, 0.15) is 5.56 Å². The molecular weight excluding hydrogens is 343 g/mol. The number of aromatic nitrogens is 2. The van der Waals surface area contributed by atoms with Crippen LogP contribution in [0.2, 0.25) is 0 Å². The molecule has 0 aliphatic heterocycles. The molecule has 0 spiro atoms. The normalized spacial score (nSPS) is 11.9. The molecule has 1 heterocycles. The molecule has 7 heteroatoms. The number of ether oxygens (including phenoxy) is 1. The minimum Gasteiger partial charge on any atom is -0.474 e. The van der Waals surface area contributed by atoms with Crippen molar-refractivity contribution < 1.29 is 17.9 Å². The van der Waals surface area contributed by atoms with Crippen molar-refractivity contribution in [2.24, 2.45) is 0 Å². The van der Waals surface area contributed by atoms with Gasteiger partial charge in [0.15, 0.2) is 0 Å². The number of para-hydroxylation sites is 1. The Labute approximate surface area is 152 Å². The van der Waals surface area contributed by atoms with Crippen LogP contribution in [0.25, 0.3) is 0 Å². The highest BCUT2D eigenvalue weighted by Gasteiger charge is 2.37. The number of benzene rings is 1. The lowest BCUT2D eigenvalue weighted by atomic mass is 10.0. The third-order valence-electron chi connectivity index (χ3n) is 3.80. The second-order valence-corrected chi connectivity index (χ2v) is 6.51. The Kier molecular flexibility index (Phi) is 6.10. The maximum Gasteiger partial charge on any atom is 0.423 e. The highest BCUT2D eigenvalue weighted by molar-refractivity contribution is 5.63. The van der Waals surface area contributed by atoms with E-state index in [1.165, 1.54) is 0 Å². The molecule has 0 aliphatic rings. The van der Waals surface area contributed by atoms with Crippen LogP contribution >= 0.6 is 0 Å². The molecule has 0 atom stereocenters. The monoisotopic (exact) mass is 367 g/mol. The molecule has 0 saturated carbocycles. The van der Waals surface area contributed by atoms with Crippen LogP contribution in [0, 0.1) is 0 Å². The molecule has 1 aromatic heterocycles. The molecule has 0 unspecified atom stereocenters. The summed E-state index contributed by atoms with van der Waals surface area (Å²) in [7, 11) is 0. The number of halogens is 3. The van der Waals surface area contributed by atoms with Gasteiger partial charge in [0.25, 0.3) is 0 Å². The maximum atomic E-state index is 13.2. The van der Waals surface area contributed by atoms with Crippen molar-refractivity contribution in [3.8, 4) is 5.88 Å². The second-order valence-electron chi connectivity index (χ2n) is 6.51. The molecule has 26 heavy (non-hydrogen) atoms. The Balaban J connectivity index is 2.56. The molecule has 0 N–H and O–H groups in total. The molecule has 0 bridgehead atoms. The molecule has 0 aliphatic carbocycles. The molecule has 0 fully saturated rings. The summed E-state index contributed by atoms with van der Waals surface area (Å²) in [6, 6.07) is 7.74. The Morgan fingerprint density at radius 1 is 1.12 bits per heavy atom. The largest absolute Gasteiger partial charge is 0.474 e. The van der Waals surface area contributed by atoms with Crippen molar-refractivity contribution in [1.82, 2.24) is 9.97 Å². The molecule has 0 saturated heterocycles. The average Bonchev–Trinajstić information content (AvgIpc) is 2.54. The van der Waals surface area contributed by atoms with E-state index in [0.717, 1.165) is 17.4 Å². The van der Waals surface area contributed by atoms with E-state index < -0.39 is 23.7 Å². The van der Waals surface area contributed by atoms with E-state index in [-0.39, 0.29) is 11.9 Å². The topological polar surface area (TPSA) is 38.2 Å². The minimum absolute atomic E-state index is 0.184. The molecule has 0 radical (unpaired) electrons. The fourth-order valence-corrected chi connectivity index (χ4v) is 2.64. The van der Waals surface area contributed by atoms with Crippen LogP contribution in [0.4, 0.5) is 24.8 Å².